The molecule has 5 rings (SSSR count). The van der Waals surface area contributed by atoms with Gasteiger partial charge in [-0.25, -0.2) is 4.39 Å². The minimum atomic E-state index is -0.947. The van der Waals surface area contributed by atoms with E-state index >= 15 is 0 Å². The van der Waals surface area contributed by atoms with Gasteiger partial charge in [0.15, 0.2) is 0 Å². The van der Waals surface area contributed by atoms with Crippen LogP contribution in [0.5, 0.6) is 11.5 Å². The van der Waals surface area contributed by atoms with E-state index in [9.17, 15) is 19.1 Å². The van der Waals surface area contributed by atoms with Crippen LogP contribution in [0.2, 0.25) is 0 Å². The number of hydrogen-bond acceptors (Lipinski definition) is 5. The van der Waals surface area contributed by atoms with Gasteiger partial charge < -0.3 is 24.5 Å². The molecule has 1 aliphatic rings. The van der Waals surface area contributed by atoms with E-state index < -0.39 is 23.5 Å². The lowest BCUT2D eigenvalue weighted by atomic mass is 9.95. The summed E-state index contributed by atoms with van der Waals surface area (Å²) in [6.45, 7) is 0.176. The van der Waals surface area contributed by atoms with Gasteiger partial charge in [-0.05, 0) is 72.1 Å². The van der Waals surface area contributed by atoms with Crippen LogP contribution in [0.25, 0.3) is 16.7 Å². The number of H-pyrrole nitrogens is 1. The van der Waals surface area contributed by atoms with Crippen LogP contribution in [-0.2, 0) is 16.0 Å². The Kier molecular flexibility index (Phi) is 6.40. The molecule has 1 amide bonds. The Morgan fingerprint density at radius 3 is 2.43 bits per heavy atom. The zero-order chi connectivity index (χ0) is 26.1. The van der Waals surface area contributed by atoms with Crippen LogP contribution in [0.1, 0.15) is 22.7 Å². The summed E-state index contributed by atoms with van der Waals surface area (Å²) >= 11 is 0. The van der Waals surface area contributed by atoms with Crippen molar-refractivity contribution in [2.75, 3.05) is 20.8 Å². The number of aromatic nitrogens is 1. The molecule has 0 radical (unpaired) electrons. The number of fused-ring (bicyclic) bond motifs is 1. The number of amides is 1. The van der Waals surface area contributed by atoms with Crippen molar-refractivity contribution in [1.82, 2.24) is 9.88 Å². The largest absolute Gasteiger partial charge is 0.507 e. The molecule has 1 fully saturated rings. The maximum atomic E-state index is 14.2. The van der Waals surface area contributed by atoms with Gasteiger partial charge in [-0.2, -0.15) is 0 Å². The lowest BCUT2D eigenvalue weighted by Gasteiger charge is -2.25. The fraction of sp³-hybridized carbons (Fsp3) is 0.172. The Balaban J connectivity index is 1.55. The molecule has 0 spiro atoms. The van der Waals surface area contributed by atoms with Crippen molar-refractivity contribution in [3.8, 4) is 11.5 Å². The van der Waals surface area contributed by atoms with Crippen LogP contribution in [0, 0.1) is 5.82 Å². The number of hydrogen-bond donors (Lipinski definition) is 2. The number of carbonyl (C=O) groups excluding carboxylic acids is 2. The van der Waals surface area contributed by atoms with E-state index in [1.54, 1.807) is 37.4 Å². The normalized spacial score (nSPS) is 16.9. The fourth-order valence-electron chi connectivity index (χ4n) is 4.77. The summed E-state index contributed by atoms with van der Waals surface area (Å²) in [6.07, 6.45) is 2.28. The zero-order valence-corrected chi connectivity index (χ0v) is 20.3. The summed E-state index contributed by atoms with van der Waals surface area (Å²) in [5.41, 5.74) is 2.52. The van der Waals surface area contributed by atoms with Gasteiger partial charge in [0.1, 0.15) is 23.1 Å². The number of benzene rings is 3. The number of methoxy groups -OCH3 is 2. The van der Waals surface area contributed by atoms with Crippen molar-refractivity contribution in [1.29, 1.82) is 0 Å². The van der Waals surface area contributed by atoms with E-state index in [1.165, 1.54) is 30.2 Å². The molecule has 1 aliphatic heterocycles. The topological polar surface area (TPSA) is 91.9 Å². The van der Waals surface area contributed by atoms with Crippen molar-refractivity contribution in [3.63, 3.8) is 0 Å². The van der Waals surface area contributed by atoms with Crippen molar-refractivity contribution in [2.24, 2.45) is 0 Å². The second-order valence-corrected chi connectivity index (χ2v) is 8.75. The summed E-state index contributed by atoms with van der Waals surface area (Å²) in [6, 6.07) is 16.9. The lowest BCUT2D eigenvalue weighted by Crippen LogP contribution is -2.31. The molecule has 1 atom stereocenters. The lowest BCUT2D eigenvalue weighted by molar-refractivity contribution is -0.139. The van der Waals surface area contributed by atoms with E-state index in [-0.39, 0.29) is 17.9 Å². The van der Waals surface area contributed by atoms with E-state index in [0.717, 1.165) is 16.5 Å². The van der Waals surface area contributed by atoms with Crippen LogP contribution in [0.3, 0.4) is 0 Å². The highest BCUT2D eigenvalue weighted by Crippen LogP contribution is 2.40. The molecule has 2 N–H and O–H groups in total. The van der Waals surface area contributed by atoms with Crippen LogP contribution < -0.4 is 9.47 Å². The van der Waals surface area contributed by atoms with E-state index in [0.29, 0.717) is 29.0 Å². The number of ketones is 1. The Labute approximate surface area is 212 Å². The predicted molar refractivity (Wildman–Crippen MR) is 137 cm³/mol. The highest BCUT2D eigenvalue weighted by Gasteiger charge is 2.46. The molecular weight excluding hydrogens is 475 g/mol. The van der Waals surface area contributed by atoms with Gasteiger partial charge in [0, 0.05) is 29.2 Å². The standard InChI is InChI=1S/C29H25FN2O5/c1-36-21-8-6-17(7-9-21)27(33)25-26(18-4-3-5-20(30)14-18)32(29(35)28(25)34)13-12-19-16-31-24-11-10-22(37-2)15-23(19)24/h3-11,14-16,26,31,33H,12-13H2,1-2H3/b27-25-. The number of halogens is 1. The van der Waals surface area contributed by atoms with Crippen molar-refractivity contribution >= 4 is 28.4 Å². The highest BCUT2D eigenvalue weighted by atomic mass is 19.1. The van der Waals surface area contributed by atoms with Crippen LogP contribution >= 0.6 is 0 Å². The molecule has 0 aliphatic carbocycles. The Morgan fingerprint density at radius 1 is 1.00 bits per heavy atom. The number of nitrogens with zero attached hydrogens (tertiary/aromatic N) is 1. The maximum absolute atomic E-state index is 14.2. The second kappa shape index (κ2) is 9.81. The molecule has 3 aromatic carbocycles. The highest BCUT2D eigenvalue weighted by molar-refractivity contribution is 6.46. The smallest absolute Gasteiger partial charge is 0.295 e. The number of Topliss-reactive ketones (excluding diaryl/α,β-unsaturated/α-hetero) is 1. The number of ether oxygens (including phenoxy) is 2. The van der Waals surface area contributed by atoms with Gasteiger partial charge in [-0.3, -0.25) is 9.59 Å². The first-order valence-corrected chi connectivity index (χ1v) is 11.7. The van der Waals surface area contributed by atoms with Gasteiger partial charge in [0.25, 0.3) is 11.7 Å². The van der Waals surface area contributed by atoms with E-state index in [2.05, 4.69) is 4.98 Å². The molecule has 8 heteroatoms. The van der Waals surface area contributed by atoms with Gasteiger partial charge in [-0.15, -0.1) is 0 Å². The van der Waals surface area contributed by atoms with Crippen molar-refractivity contribution in [3.05, 3.63) is 101 Å². The quantitative estimate of drug-likeness (QED) is 0.212. The molecule has 4 aromatic rings. The number of carbonyl (C=O) groups is 2. The average molecular weight is 501 g/mol. The fourth-order valence-corrected chi connectivity index (χ4v) is 4.77. The van der Waals surface area contributed by atoms with Gasteiger partial charge in [0.05, 0.1) is 25.8 Å². The number of likely N-dealkylation sites (tertiary alicyclic amines) is 1. The third-order valence-corrected chi connectivity index (χ3v) is 6.66. The molecule has 188 valence electrons. The Morgan fingerprint density at radius 2 is 1.73 bits per heavy atom. The van der Waals surface area contributed by atoms with E-state index in [4.69, 9.17) is 9.47 Å². The van der Waals surface area contributed by atoms with Gasteiger partial charge in [-0.1, -0.05) is 12.1 Å². The predicted octanol–water partition coefficient (Wildman–Crippen LogP) is 4.99. The average Bonchev–Trinajstić information content (AvgIpc) is 3.44. The third-order valence-electron chi connectivity index (χ3n) is 6.66. The molecule has 1 unspecified atom stereocenters. The minimum Gasteiger partial charge on any atom is -0.507 e. The Bertz CT molecular complexity index is 1520. The first-order valence-electron chi connectivity index (χ1n) is 11.7. The summed E-state index contributed by atoms with van der Waals surface area (Å²) in [5.74, 6) is -1.11. The van der Waals surface area contributed by atoms with Crippen LogP contribution in [0.15, 0.2) is 78.5 Å². The second-order valence-electron chi connectivity index (χ2n) is 8.75. The van der Waals surface area contributed by atoms with Crippen molar-refractivity contribution < 1.29 is 28.6 Å². The molecular formula is C29H25FN2O5. The number of nitrogens with one attached hydrogen (secondary N) is 1. The number of aromatic amines is 1. The van der Waals surface area contributed by atoms with Gasteiger partial charge >= 0.3 is 0 Å². The first kappa shape index (κ1) is 24.1. The number of aliphatic hydroxyl groups is 1. The Hall–Kier alpha value is -4.59. The molecule has 0 bridgehead atoms. The molecule has 1 saturated heterocycles. The molecule has 37 heavy (non-hydrogen) atoms. The summed E-state index contributed by atoms with van der Waals surface area (Å²) in [5, 5.41) is 12.1. The van der Waals surface area contributed by atoms with Crippen LogP contribution in [0.4, 0.5) is 4.39 Å². The first-order chi connectivity index (χ1) is 17.9. The van der Waals surface area contributed by atoms with Crippen molar-refractivity contribution in [2.45, 2.75) is 12.5 Å². The minimum absolute atomic E-state index is 0.0821. The molecule has 7 nitrogen and oxygen atoms in total. The zero-order valence-electron chi connectivity index (χ0n) is 20.3. The SMILES string of the molecule is COc1ccc(/C(O)=C2/C(=O)C(=O)N(CCc3c[nH]c4ccc(OC)cc34)C2c2cccc(F)c2)cc1. The summed E-state index contributed by atoms with van der Waals surface area (Å²) in [7, 11) is 3.11. The summed E-state index contributed by atoms with van der Waals surface area (Å²) in [4.78, 5) is 31.1. The maximum Gasteiger partial charge on any atom is 0.295 e. The van der Waals surface area contributed by atoms with Gasteiger partial charge in [0.2, 0.25) is 0 Å². The van der Waals surface area contributed by atoms with E-state index in [1.807, 2.05) is 24.4 Å². The molecule has 1 aromatic heterocycles. The molecule has 2 heterocycles. The number of aliphatic hydroxyl groups excluding tert-OH is 1. The third kappa shape index (κ3) is 4.42. The number of rotatable bonds is 7. The summed E-state index contributed by atoms with van der Waals surface area (Å²) < 4.78 is 24.7. The molecule has 0 saturated carbocycles. The van der Waals surface area contributed by atoms with Crippen LogP contribution in [-0.4, -0.2) is 47.4 Å². The monoisotopic (exact) mass is 500 g/mol.